The van der Waals surface area contributed by atoms with Crippen LogP contribution >= 0.6 is 11.3 Å². The van der Waals surface area contributed by atoms with Crippen molar-refractivity contribution in [1.29, 1.82) is 0 Å². The Kier molecular flexibility index (Phi) is 6.92. The van der Waals surface area contributed by atoms with Crippen LogP contribution in [0.4, 0.5) is 18.9 Å². The molecule has 0 aliphatic carbocycles. The van der Waals surface area contributed by atoms with Gasteiger partial charge in [-0.1, -0.05) is 24.3 Å². The Hall–Kier alpha value is -4.05. The lowest BCUT2D eigenvalue weighted by Crippen LogP contribution is -2.21. The van der Waals surface area contributed by atoms with E-state index in [9.17, 15) is 18.0 Å². The normalized spacial score (nSPS) is 12.1. The molecule has 1 aliphatic heterocycles. The number of carbonyl (C=O) groups excluding carboxylic acids is 1. The van der Waals surface area contributed by atoms with Crippen LogP contribution in [0.5, 0.6) is 0 Å². The van der Waals surface area contributed by atoms with Crippen LogP contribution in [0.1, 0.15) is 16.7 Å². The lowest BCUT2D eigenvalue weighted by atomic mass is 10.00. The highest BCUT2D eigenvalue weighted by Crippen LogP contribution is 2.39. The number of halogens is 3. The number of aliphatic carboxylic acids is 1. The minimum atomic E-state index is -5.08. The van der Waals surface area contributed by atoms with E-state index in [0.717, 1.165) is 22.4 Å². The number of alkyl halides is 3. The molecule has 0 spiro atoms. The van der Waals surface area contributed by atoms with Crippen LogP contribution in [0, 0.1) is 0 Å². The number of carboxylic acids is 1. The Morgan fingerprint density at radius 3 is 2.54 bits per heavy atom. The zero-order chi connectivity index (χ0) is 25.0. The van der Waals surface area contributed by atoms with Crippen molar-refractivity contribution < 1.29 is 27.9 Å². The fraction of sp³-hybridized carbons (Fsp3) is 0.120. The van der Waals surface area contributed by atoms with E-state index in [-0.39, 0.29) is 5.91 Å². The van der Waals surface area contributed by atoms with Gasteiger partial charge in [-0.05, 0) is 52.4 Å². The average Bonchev–Trinajstić information content (AvgIpc) is 3.46. The summed E-state index contributed by atoms with van der Waals surface area (Å²) in [5.41, 5.74) is 5.14. The summed E-state index contributed by atoms with van der Waals surface area (Å²) >= 11 is 1.77. The predicted octanol–water partition coefficient (Wildman–Crippen LogP) is 5.71. The second-order valence-corrected chi connectivity index (χ2v) is 8.68. The van der Waals surface area contributed by atoms with Crippen LogP contribution in [-0.2, 0) is 22.6 Å². The van der Waals surface area contributed by atoms with Crippen molar-refractivity contribution in [3.63, 3.8) is 0 Å². The fourth-order valence-electron chi connectivity index (χ4n) is 3.52. The standard InChI is InChI=1S/C23H17N3OS.C2HF3O2/c27-23(8-15-4-3-7-24-12-15)26-18-9-17-13-25-14-20(17)19(11-18)22-10-16-5-1-2-6-21(16)28-22;3-2(4,5)1(6)7/h1-7,9-13H,8,14H2,(H,26,27);(H,6,7). The zero-order valence-electron chi connectivity index (χ0n) is 18.0. The van der Waals surface area contributed by atoms with E-state index in [1.807, 2.05) is 24.4 Å². The van der Waals surface area contributed by atoms with Gasteiger partial charge < -0.3 is 10.4 Å². The Morgan fingerprint density at radius 1 is 1.09 bits per heavy atom. The number of rotatable bonds is 4. The highest BCUT2D eigenvalue weighted by atomic mass is 32.1. The molecule has 4 aromatic rings. The van der Waals surface area contributed by atoms with Gasteiger partial charge in [-0.3, -0.25) is 14.8 Å². The summed E-state index contributed by atoms with van der Waals surface area (Å²) in [4.78, 5) is 31.1. The van der Waals surface area contributed by atoms with Crippen LogP contribution in [0.15, 0.2) is 72.0 Å². The number of aromatic nitrogens is 1. The van der Waals surface area contributed by atoms with Gasteiger partial charge in [0.1, 0.15) is 0 Å². The van der Waals surface area contributed by atoms with Crippen molar-refractivity contribution in [3.05, 3.63) is 83.7 Å². The number of benzene rings is 2. The van der Waals surface area contributed by atoms with Crippen LogP contribution in [0.2, 0.25) is 0 Å². The summed E-state index contributed by atoms with van der Waals surface area (Å²) in [5.74, 6) is -2.81. The SMILES string of the molecule is O=C(Cc1cccnc1)Nc1cc2c(c(-c3cc4ccccc4s3)c1)CN=C2.O=C(O)C(F)(F)F. The van der Waals surface area contributed by atoms with Gasteiger partial charge >= 0.3 is 12.1 Å². The number of carboxylic acid groups (broad SMARTS) is 1. The maximum Gasteiger partial charge on any atom is 0.490 e. The maximum atomic E-state index is 12.5. The number of hydrogen-bond acceptors (Lipinski definition) is 5. The van der Waals surface area contributed by atoms with Crippen LogP contribution < -0.4 is 5.32 Å². The molecular formula is C25H18F3N3O3S. The second-order valence-electron chi connectivity index (χ2n) is 7.60. The molecule has 35 heavy (non-hydrogen) atoms. The minimum Gasteiger partial charge on any atom is -0.475 e. The summed E-state index contributed by atoms with van der Waals surface area (Å²) in [6.45, 7) is 0.683. The molecule has 0 saturated carbocycles. The van der Waals surface area contributed by atoms with E-state index in [1.165, 1.54) is 20.5 Å². The molecule has 0 radical (unpaired) electrons. The number of nitrogens with zero attached hydrogens (tertiary/aromatic N) is 2. The number of thiophene rings is 1. The van der Waals surface area contributed by atoms with Gasteiger partial charge in [-0.15, -0.1) is 11.3 Å². The summed E-state index contributed by atoms with van der Waals surface area (Å²) < 4.78 is 33.0. The van der Waals surface area contributed by atoms with E-state index in [2.05, 4.69) is 51.7 Å². The molecule has 5 rings (SSSR count). The Bertz CT molecular complexity index is 1380. The molecule has 10 heteroatoms. The van der Waals surface area contributed by atoms with Crippen LogP contribution in [0.3, 0.4) is 0 Å². The van der Waals surface area contributed by atoms with Crippen molar-refractivity contribution in [3.8, 4) is 10.4 Å². The van der Waals surface area contributed by atoms with E-state index in [0.29, 0.717) is 13.0 Å². The molecule has 2 aromatic heterocycles. The highest BCUT2D eigenvalue weighted by Gasteiger charge is 2.38. The summed E-state index contributed by atoms with van der Waals surface area (Å²) in [6, 6.07) is 18.4. The van der Waals surface area contributed by atoms with Crippen molar-refractivity contribution >= 4 is 45.2 Å². The first-order valence-electron chi connectivity index (χ1n) is 10.4. The fourth-order valence-corrected chi connectivity index (χ4v) is 4.63. The summed E-state index contributed by atoms with van der Waals surface area (Å²) in [7, 11) is 0. The molecule has 6 nitrogen and oxygen atoms in total. The molecule has 1 amide bonds. The smallest absolute Gasteiger partial charge is 0.475 e. The van der Waals surface area contributed by atoms with Crippen molar-refractivity contribution in [2.75, 3.05) is 5.32 Å². The first kappa shape index (κ1) is 24.1. The lowest BCUT2D eigenvalue weighted by Gasteiger charge is -2.11. The van der Waals surface area contributed by atoms with Gasteiger partial charge in [0.25, 0.3) is 0 Å². The molecule has 178 valence electrons. The van der Waals surface area contributed by atoms with Gasteiger partial charge in [0.05, 0.1) is 13.0 Å². The number of amides is 1. The predicted molar refractivity (Wildman–Crippen MR) is 129 cm³/mol. The molecule has 0 saturated heterocycles. The van der Waals surface area contributed by atoms with Gasteiger partial charge in [-0.25, -0.2) is 4.79 Å². The van der Waals surface area contributed by atoms with Crippen molar-refractivity contribution in [2.24, 2.45) is 4.99 Å². The van der Waals surface area contributed by atoms with Crippen molar-refractivity contribution in [1.82, 2.24) is 4.98 Å². The molecule has 0 fully saturated rings. The number of aliphatic imine (C=N–C) groups is 1. The second kappa shape index (κ2) is 10.1. The number of anilines is 1. The monoisotopic (exact) mass is 497 g/mol. The van der Waals surface area contributed by atoms with Crippen molar-refractivity contribution in [2.45, 2.75) is 19.1 Å². The average molecular weight is 497 g/mol. The molecular weight excluding hydrogens is 479 g/mol. The molecule has 2 aromatic carbocycles. The molecule has 0 unspecified atom stereocenters. The summed E-state index contributed by atoms with van der Waals surface area (Å²) in [6.07, 6.45) is 0.538. The maximum absolute atomic E-state index is 12.5. The third-order valence-corrected chi connectivity index (χ3v) is 6.22. The first-order valence-corrected chi connectivity index (χ1v) is 11.2. The van der Waals surface area contributed by atoms with Gasteiger partial charge in [0.2, 0.25) is 5.91 Å². The molecule has 3 heterocycles. The highest BCUT2D eigenvalue weighted by molar-refractivity contribution is 7.22. The van der Waals surface area contributed by atoms with Gasteiger partial charge in [0.15, 0.2) is 0 Å². The quantitative estimate of drug-likeness (QED) is 0.378. The molecule has 1 aliphatic rings. The zero-order valence-corrected chi connectivity index (χ0v) is 18.9. The third-order valence-electron chi connectivity index (χ3n) is 5.07. The van der Waals surface area contributed by atoms with E-state index >= 15 is 0 Å². The Labute approximate surface area is 201 Å². The van der Waals surface area contributed by atoms with E-state index in [4.69, 9.17) is 9.90 Å². The van der Waals surface area contributed by atoms with E-state index in [1.54, 1.807) is 23.7 Å². The number of hydrogen-bond donors (Lipinski definition) is 2. The summed E-state index contributed by atoms with van der Waals surface area (Å²) in [5, 5.41) is 11.4. The third kappa shape index (κ3) is 5.90. The van der Waals surface area contributed by atoms with Crippen LogP contribution in [0.25, 0.3) is 20.5 Å². The molecule has 2 N–H and O–H groups in total. The van der Waals surface area contributed by atoms with Crippen LogP contribution in [-0.4, -0.2) is 34.4 Å². The Balaban J connectivity index is 0.000000364. The largest absolute Gasteiger partial charge is 0.490 e. The van der Waals surface area contributed by atoms with E-state index < -0.39 is 12.1 Å². The first-order chi connectivity index (χ1) is 16.7. The number of nitrogens with one attached hydrogen (secondary N) is 1. The Morgan fingerprint density at radius 2 is 1.86 bits per heavy atom. The molecule has 0 atom stereocenters. The minimum absolute atomic E-state index is 0.0508. The van der Waals surface area contributed by atoms with Gasteiger partial charge in [-0.2, -0.15) is 13.2 Å². The topological polar surface area (TPSA) is 91.7 Å². The van der Waals surface area contributed by atoms with Gasteiger partial charge in [0, 0.05) is 39.4 Å². The number of fused-ring (bicyclic) bond motifs is 2. The molecule has 0 bridgehead atoms. The number of pyridine rings is 1. The number of carbonyl (C=O) groups is 2. The lowest BCUT2D eigenvalue weighted by molar-refractivity contribution is -0.192.